The molecule has 78 valence electrons. The fraction of sp³-hybridized carbons (Fsp3) is 0.556. The summed E-state index contributed by atoms with van der Waals surface area (Å²) < 4.78 is 0. The second-order valence-corrected chi connectivity index (χ2v) is 3.70. The van der Waals surface area contributed by atoms with Gasteiger partial charge in [0.25, 0.3) is 0 Å². The number of carbonyl (C=O) groups is 3. The average Bonchev–Trinajstić information content (AvgIpc) is 2.70. The minimum absolute atomic E-state index is 0.199. The number of imide groups is 1. The largest absolute Gasteiger partial charge is 0.340 e. The second kappa shape index (κ2) is 3.35. The molecule has 0 spiro atoms. The van der Waals surface area contributed by atoms with Gasteiger partial charge < -0.3 is 4.90 Å². The molecule has 1 N–H and O–H groups in total. The maximum atomic E-state index is 11.4. The monoisotopic (exact) mass is 207 g/mol. The number of hydrogen-bond donors (Lipinski definition) is 1. The van der Waals surface area contributed by atoms with Crippen LogP contribution in [0.3, 0.4) is 0 Å². The predicted octanol–water partition coefficient (Wildman–Crippen LogP) is -1.37. The lowest BCUT2D eigenvalue weighted by Gasteiger charge is -2.14. The van der Waals surface area contributed by atoms with Crippen LogP contribution in [0.2, 0.25) is 0 Å². The highest BCUT2D eigenvalue weighted by molar-refractivity contribution is 6.06. The molecular weight excluding hydrogens is 198 g/mol. The minimum atomic E-state index is -0.417. The molecule has 6 nitrogen and oxygen atoms in total. The van der Waals surface area contributed by atoms with Crippen LogP contribution in [0.15, 0.2) is 0 Å². The van der Waals surface area contributed by atoms with Crippen LogP contribution in [-0.4, -0.2) is 35.7 Å². The van der Waals surface area contributed by atoms with Crippen LogP contribution in [0.4, 0.5) is 0 Å². The van der Waals surface area contributed by atoms with E-state index in [1.807, 2.05) is 0 Å². The van der Waals surface area contributed by atoms with Crippen LogP contribution in [0.25, 0.3) is 0 Å². The number of carbonyl (C=O) groups excluding carboxylic acids is 3. The molecule has 0 saturated carbocycles. The first kappa shape index (κ1) is 9.65. The van der Waals surface area contributed by atoms with Gasteiger partial charge in [-0.1, -0.05) is 0 Å². The Balaban J connectivity index is 2.07. The number of likely N-dealkylation sites (tertiary alicyclic amines) is 1. The molecular formula is C9H9N3O3. The molecule has 6 heteroatoms. The minimum Gasteiger partial charge on any atom is -0.340 e. The molecule has 0 bridgehead atoms. The summed E-state index contributed by atoms with van der Waals surface area (Å²) in [5.74, 6) is -1.76. The highest BCUT2D eigenvalue weighted by Gasteiger charge is 2.48. The zero-order valence-electron chi connectivity index (χ0n) is 7.90. The van der Waals surface area contributed by atoms with Crippen molar-refractivity contribution in [1.29, 1.82) is 5.26 Å². The predicted molar refractivity (Wildman–Crippen MR) is 46.9 cm³/mol. The number of rotatable bonds is 1. The van der Waals surface area contributed by atoms with Gasteiger partial charge in [-0.25, -0.2) is 0 Å². The van der Waals surface area contributed by atoms with Crippen molar-refractivity contribution in [3.05, 3.63) is 0 Å². The first-order chi connectivity index (χ1) is 7.13. The summed E-state index contributed by atoms with van der Waals surface area (Å²) in [5, 5.41) is 10.6. The molecule has 2 rings (SSSR count). The van der Waals surface area contributed by atoms with Gasteiger partial charge in [-0.05, 0) is 0 Å². The quantitative estimate of drug-likeness (QED) is 0.537. The molecule has 0 aromatic rings. The molecule has 0 radical (unpaired) electrons. The molecule has 0 aromatic carbocycles. The van der Waals surface area contributed by atoms with Crippen molar-refractivity contribution >= 4 is 17.7 Å². The number of nitrogens with zero attached hydrogens (tertiary/aromatic N) is 2. The van der Waals surface area contributed by atoms with Crippen molar-refractivity contribution in [3.8, 4) is 6.07 Å². The molecule has 2 fully saturated rings. The number of hydrogen-bond acceptors (Lipinski definition) is 4. The number of nitriles is 1. The van der Waals surface area contributed by atoms with Crippen molar-refractivity contribution in [2.45, 2.75) is 6.42 Å². The lowest BCUT2D eigenvalue weighted by molar-refractivity contribution is -0.130. The van der Waals surface area contributed by atoms with Gasteiger partial charge in [0, 0.05) is 13.1 Å². The van der Waals surface area contributed by atoms with Gasteiger partial charge in [-0.15, -0.1) is 0 Å². The summed E-state index contributed by atoms with van der Waals surface area (Å²) in [7, 11) is 0. The van der Waals surface area contributed by atoms with E-state index >= 15 is 0 Å². The molecule has 0 unspecified atom stereocenters. The van der Waals surface area contributed by atoms with Gasteiger partial charge >= 0.3 is 0 Å². The Morgan fingerprint density at radius 3 is 2.40 bits per heavy atom. The van der Waals surface area contributed by atoms with E-state index in [2.05, 4.69) is 5.32 Å². The average molecular weight is 207 g/mol. The van der Waals surface area contributed by atoms with Crippen LogP contribution < -0.4 is 5.32 Å². The fourth-order valence-corrected chi connectivity index (χ4v) is 2.03. The molecule has 2 heterocycles. The molecule has 2 aliphatic heterocycles. The second-order valence-electron chi connectivity index (χ2n) is 3.70. The highest BCUT2D eigenvalue weighted by Crippen LogP contribution is 2.28. The van der Waals surface area contributed by atoms with Crippen molar-refractivity contribution in [2.75, 3.05) is 13.1 Å². The SMILES string of the molecule is N#CCC(=O)N1C[C@@H]2C(=O)NC(=O)[C@@H]2C1. The molecule has 2 atom stereocenters. The van der Waals surface area contributed by atoms with Gasteiger partial charge in [-0.2, -0.15) is 5.26 Å². The van der Waals surface area contributed by atoms with Crippen molar-refractivity contribution < 1.29 is 14.4 Å². The summed E-state index contributed by atoms with van der Waals surface area (Å²) in [6.07, 6.45) is -0.199. The smallest absolute Gasteiger partial charge is 0.236 e. The molecule has 15 heavy (non-hydrogen) atoms. The van der Waals surface area contributed by atoms with E-state index < -0.39 is 11.8 Å². The summed E-state index contributed by atoms with van der Waals surface area (Å²) in [4.78, 5) is 35.3. The van der Waals surface area contributed by atoms with Crippen molar-refractivity contribution in [3.63, 3.8) is 0 Å². The van der Waals surface area contributed by atoms with E-state index in [9.17, 15) is 14.4 Å². The molecule has 0 aromatic heterocycles. The first-order valence-electron chi connectivity index (χ1n) is 4.63. The van der Waals surface area contributed by atoms with Crippen LogP contribution in [0.1, 0.15) is 6.42 Å². The third-order valence-corrected chi connectivity index (χ3v) is 2.82. The Kier molecular flexibility index (Phi) is 2.15. The zero-order valence-corrected chi connectivity index (χ0v) is 7.90. The van der Waals surface area contributed by atoms with E-state index in [-0.39, 0.29) is 37.2 Å². The van der Waals surface area contributed by atoms with E-state index in [0.717, 1.165) is 0 Å². The van der Waals surface area contributed by atoms with Crippen molar-refractivity contribution in [2.24, 2.45) is 11.8 Å². The number of amides is 3. The van der Waals surface area contributed by atoms with Crippen molar-refractivity contribution in [1.82, 2.24) is 10.2 Å². The molecule has 2 aliphatic rings. The number of fused-ring (bicyclic) bond motifs is 1. The summed E-state index contributed by atoms with van der Waals surface area (Å²) >= 11 is 0. The van der Waals surface area contributed by atoms with Gasteiger partial charge in [0.2, 0.25) is 17.7 Å². The molecule has 2 saturated heterocycles. The zero-order chi connectivity index (χ0) is 11.0. The van der Waals surface area contributed by atoms with Gasteiger partial charge in [0.1, 0.15) is 6.42 Å². The standard InChI is InChI=1S/C9H9N3O3/c10-2-1-7(13)12-3-5-6(4-12)9(15)11-8(5)14/h5-6H,1,3-4H2,(H,11,14,15)/t5-,6+. The topological polar surface area (TPSA) is 90.3 Å². The summed E-state index contributed by atoms with van der Waals surface area (Å²) in [5.41, 5.74) is 0. The maximum absolute atomic E-state index is 11.4. The van der Waals surface area contributed by atoms with Crippen LogP contribution in [0.5, 0.6) is 0 Å². The maximum Gasteiger partial charge on any atom is 0.236 e. The summed E-state index contributed by atoms with van der Waals surface area (Å²) in [6, 6.07) is 1.76. The Bertz CT molecular complexity index is 363. The third-order valence-electron chi connectivity index (χ3n) is 2.82. The van der Waals surface area contributed by atoms with Crippen LogP contribution in [0, 0.1) is 23.2 Å². The number of nitrogens with one attached hydrogen (secondary N) is 1. The van der Waals surface area contributed by atoms with Crippen LogP contribution in [-0.2, 0) is 14.4 Å². The van der Waals surface area contributed by atoms with E-state index in [4.69, 9.17) is 5.26 Å². The lowest BCUT2D eigenvalue weighted by atomic mass is 10.00. The third kappa shape index (κ3) is 1.46. The van der Waals surface area contributed by atoms with Gasteiger partial charge in [0.05, 0.1) is 17.9 Å². The van der Waals surface area contributed by atoms with E-state index in [0.29, 0.717) is 0 Å². The Morgan fingerprint density at radius 1 is 1.40 bits per heavy atom. The van der Waals surface area contributed by atoms with E-state index in [1.54, 1.807) is 6.07 Å². The molecule has 3 amide bonds. The normalized spacial score (nSPS) is 28.6. The lowest BCUT2D eigenvalue weighted by Crippen LogP contribution is -2.34. The van der Waals surface area contributed by atoms with Gasteiger partial charge in [-0.3, -0.25) is 19.7 Å². The van der Waals surface area contributed by atoms with E-state index in [1.165, 1.54) is 4.90 Å². The Labute approximate surface area is 85.8 Å². The Morgan fingerprint density at radius 2 is 1.93 bits per heavy atom. The van der Waals surface area contributed by atoms with Crippen LogP contribution >= 0.6 is 0 Å². The summed E-state index contributed by atoms with van der Waals surface area (Å²) in [6.45, 7) is 0.505. The van der Waals surface area contributed by atoms with Gasteiger partial charge in [0.15, 0.2) is 0 Å². The first-order valence-corrected chi connectivity index (χ1v) is 4.63. The molecule has 0 aliphatic carbocycles. The Hall–Kier alpha value is -1.90. The highest BCUT2D eigenvalue weighted by atomic mass is 16.2. The fourth-order valence-electron chi connectivity index (χ4n) is 2.03.